The highest BCUT2D eigenvalue weighted by Gasteiger charge is 2.54. The predicted octanol–water partition coefficient (Wildman–Crippen LogP) is 3.53. The van der Waals surface area contributed by atoms with E-state index in [4.69, 9.17) is 0 Å². The van der Waals surface area contributed by atoms with Gasteiger partial charge in [0.05, 0.1) is 5.69 Å². The number of halogens is 1. The van der Waals surface area contributed by atoms with Crippen molar-refractivity contribution in [2.75, 3.05) is 5.32 Å². The maximum Gasteiger partial charge on any atom is 0.229 e. The van der Waals surface area contributed by atoms with Crippen LogP contribution in [0, 0.1) is 24.7 Å². The maximum atomic E-state index is 12.2. The standard InChI is InChI=1S/C14H17BrN2O/c1-8-11(15)6-7-12(16-8)17-14(18)13-9-4-2-3-5-10(9)13/h6-7,9-10,13H,2-5H2,1H3,(H,16,17,18). The van der Waals surface area contributed by atoms with Crippen LogP contribution in [0.1, 0.15) is 31.4 Å². The number of pyridine rings is 1. The van der Waals surface area contributed by atoms with Crippen molar-refractivity contribution in [1.29, 1.82) is 0 Å². The molecule has 3 nitrogen and oxygen atoms in total. The lowest BCUT2D eigenvalue weighted by atomic mass is 10.0. The van der Waals surface area contributed by atoms with Crippen LogP contribution in [0.2, 0.25) is 0 Å². The first kappa shape index (κ1) is 12.2. The lowest BCUT2D eigenvalue weighted by Gasteiger charge is -2.05. The SMILES string of the molecule is Cc1nc(NC(=O)C2C3CCCCC32)ccc1Br. The number of carbonyl (C=O) groups excluding carboxylic acids is 1. The van der Waals surface area contributed by atoms with Gasteiger partial charge >= 0.3 is 0 Å². The number of aromatic nitrogens is 1. The number of hydrogen-bond donors (Lipinski definition) is 1. The number of aryl methyl sites for hydroxylation is 1. The van der Waals surface area contributed by atoms with Gasteiger partial charge in [-0.25, -0.2) is 4.98 Å². The first-order valence-electron chi connectivity index (χ1n) is 6.61. The molecule has 4 heteroatoms. The third-order valence-electron chi connectivity index (χ3n) is 4.23. The minimum atomic E-state index is 0.168. The minimum absolute atomic E-state index is 0.168. The molecule has 1 amide bonds. The molecule has 0 spiro atoms. The van der Waals surface area contributed by atoms with Gasteiger partial charge in [-0.15, -0.1) is 0 Å². The highest BCUT2D eigenvalue weighted by atomic mass is 79.9. The third kappa shape index (κ3) is 2.18. The number of hydrogen-bond acceptors (Lipinski definition) is 2. The predicted molar refractivity (Wildman–Crippen MR) is 74.2 cm³/mol. The number of carbonyl (C=O) groups is 1. The van der Waals surface area contributed by atoms with Gasteiger partial charge in [-0.1, -0.05) is 12.8 Å². The molecule has 1 heterocycles. The molecule has 1 aromatic rings. The van der Waals surface area contributed by atoms with Gasteiger partial charge < -0.3 is 5.32 Å². The van der Waals surface area contributed by atoms with E-state index < -0.39 is 0 Å². The Labute approximate surface area is 116 Å². The van der Waals surface area contributed by atoms with E-state index in [9.17, 15) is 4.79 Å². The molecule has 2 atom stereocenters. The number of nitrogens with zero attached hydrogens (tertiary/aromatic N) is 1. The van der Waals surface area contributed by atoms with Gasteiger partial charge in [-0.3, -0.25) is 4.79 Å². The Bertz CT molecular complexity index is 477. The molecule has 2 fully saturated rings. The van der Waals surface area contributed by atoms with Gasteiger partial charge in [0.15, 0.2) is 0 Å². The summed E-state index contributed by atoms with van der Waals surface area (Å²) >= 11 is 3.41. The van der Waals surface area contributed by atoms with Gasteiger partial charge in [-0.05, 0) is 59.7 Å². The Balaban J connectivity index is 1.66. The number of anilines is 1. The normalized spacial score (nSPS) is 29.6. The fourth-order valence-electron chi connectivity index (χ4n) is 3.20. The van der Waals surface area contributed by atoms with E-state index in [0.717, 1.165) is 10.2 Å². The van der Waals surface area contributed by atoms with E-state index in [1.54, 1.807) is 0 Å². The largest absolute Gasteiger partial charge is 0.310 e. The van der Waals surface area contributed by atoms with Crippen molar-refractivity contribution in [3.8, 4) is 0 Å². The van der Waals surface area contributed by atoms with Crippen molar-refractivity contribution in [1.82, 2.24) is 4.98 Å². The molecule has 3 rings (SSSR count). The molecule has 96 valence electrons. The highest BCUT2D eigenvalue weighted by Crippen LogP contribution is 2.55. The summed E-state index contributed by atoms with van der Waals surface area (Å²) in [5.74, 6) is 2.38. The van der Waals surface area contributed by atoms with E-state index >= 15 is 0 Å². The van der Waals surface area contributed by atoms with E-state index in [2.05, 4.69) is 26.2 Å². The van der Waals surface area contributed by atoms with Crippen molar-refractivity contribution in [3.05, 3.63) is 22.3 Å². The average Bonchev–Trinajstić information content (AvgIpc) is 3.08. The molecule has 0 radical (unpaired) electrons. The van der Waals surface area contributed by atoms with Gasteiger partial charge in [0.25, 0.3) is 0 Å². The highest BCUT2D eigenvalue weighted by molar-refractivity contribution is 9.10. The first-order valence-corrected chi connectivity index (χ1v) is 7.40. The van der Waals surface area contributed by atoms with Gasteiger partial charge in [0.1, 0.15) is 5.82 Å². The molecule has 1 N–H and O–H groups in total. The lowest BCUT2D eigenvalue weighted by molar-refractivity contribution is -0.117. The van der Waals surface area contributed by atoms with Crippen LogP contribution in [-0.4, -0.2) is 10.9 Å². The van der Waals surface area contributed by atoms with E-state index in [1.165, 1.54) is 25.7 Å². The Morgan fingerprint density at radius 2 is 2.00 bits per heavy atom. The molecular weight excluding hydrogens is 292 g/mol. The van der Waals surface area contributed by atoms with E-state index in [1.807, 2.05) is 19.1 Å². The summed E-state index contributed by atoms with van der Waals surface area (Å²) < 4.78 is 0.973. The Morgan fingerprint density at radius 1 is 1.33 bits per heavy atom. The van der Waals surface area contributed by atoms with E-state index in [-0.39, 0.29) is 11.8 Å². The summed E-state index contributed by atoms with van der Waals surface area (Å²) in [4.78, 5) is 16.5. The Morgan fingerprint density at radius 3 is 2.61 bits per heavy atom. The van der Waals surface area contributed by atoms with E-state index in [0.29, 0.717) is 17.7 Å². The smallest absolute Gasteiger partial charge is 0.229 e. The van der Waals surface area contributed by atoms with Crippen LogP contribution in [0.5, 0.6) is 0 Å². The average molecular weight is 309 g/mol. The van der Waals surface area contributed by atoms with Crippen molar-refractivity contribution in [2.24, 2.45) is 17.8 Å². The monoisotopic (exact) mass is 308 g/mol. The number of fused-ring (bicyclic) bond motifs is 1. The molecule has 2 aliphatic carbocycles. The summed E-state index contributed by atoms with van der Waals surface area (Å²) in [6, 6.07) is 3.78. The maximum absolute atomic E-state index is 12.2. The Kier molecular flexibility index (Phi) is 3.14. The molecular formula is C14H17BrN2O. The van der Waals surface area contributed by atoms with Gasteiger partial charge in [-0.2, -0.15) is 0 Å². The lowest BCUT2D eigenvalue weighted by Crippen LogP contribution is -2.16. The van der Waals surface area contributed by atoms with Crippen LogP contribution in [0.4, 0.5) is 5.82 Å². The molecule has 0 aromatic carbocycles. The molecule has 2 aliphatic rings. The van der Waals surface area contributed by atoms with Crippen LogP contribution in [0.3, 0.4) is 0 Å². The molecule has 0 saturated heterocycles. The van der Waals surface area contributed by atoms with Crippen LogP contribution in [-0.2, 0) is 4.79 Å². The summed E-state index contributed by atoms with van der Waals surface area (Å²) in [5.41, 5.74) is 0.904. The second kappa shape index (κ2) is 4.65. The molecule has 0 aliphatic heterocycles. The van der Waals surface area contributed by atoms with Crippen molar-refractivity contribution in [3.63, 3.8) is 0 Å². The number of nitrogens with one attached hydrogen (secondary N) is 1. The molecule has 2 unspecified atom stereocenters. The summed E-state index contributed by atoms with van der Waals surface area (Å²) in [7, 11) is 0. The van der Waals surface area contributed by atoms with Crippen LogP contribution in [0.25, 0.3) is 0 Å². The van der Waals surface area contributed by atoms with Crippen molar-refractivity contribution < 1.29 is 4.79 Å². The topological polar surface area (TPSA) is 42.0 Å². The Hall–Kier alpha value is -0.900. The zero-order valence-electron chi connectivity index (χ0n) is 10.4. The van der Waals surface area contributed by atoms with Gasteiger partial charge in [0, 0.05) is 10.4 Å². The van der Waals surface area contributed by atoms with Crippen molar-refractivity contribution in [2.45, 2.75) is 32.6 Å². The minimum Gasteiger partial charge on any atom is -0.310 e. The first-order chi connectivity index (χ1) is 8.66. The molecule has 2 saturated carbocycles. The summed E-state index contributed by atoms with van der Waals surface area (Å²) in [5, 5.41) is 2.96. The van der Waals surface area contributed by atoms with Crippen LogP contribution < -0.4 is 5.32 Å². The molecule has 18 heavy (non-hydrogen) atoms. The number of rotatable bonds is 2. The quantitative estimate of drug-likeness (QED) is 0.908. The van der Waals surface area contributed by atoms with Crippen molar-refractivity contribution >= 4 is 27.7 Å². The summed E-state index contributed by atoms with van der Waals surface area (Å²) in [6.07, 6.45) is 5.05. The number of amides is 1. The summed E-state index contributed by atoms with van der Waals surface area (Å²) in [6.45, 7) is 1.93. The molecule has 1 aromatic heterocycles. The fraction of sp³-hybridized carbons (Fsp3) is 0.571. The third-order valence-corrected chi connectivity index (χ3v) is 5.07. The second-order valence-corrected chi connectivity index (χ2v) is 6.25. The zero-order valence-corrected chi connectivity index (χ0v) is 12.0. The van der Waals surface area contributed by atoms with Crippen LogP contribution >= 0.6 is 15.9 Å². The van der Waals surface area contributed by atoms with Gasteiger partial charge in [0.2, 0.25) is 5.91 Å². The van der Waals surface area contributed by atoms with Crippen LogP contribution in [0.15, 0.2) is 16.6 Å². The second-order valence-electron chi connectivity index (χ2n) is 5.39. The fourth-order valence-corrected chi connectivity index (χ4v) is 3.43. The molecule has 0 bridgehead atoms. The zero-order chi connectivity index (χ0) is 12.7.